The summed E-state index contributed by atoms with van der Waals surface area (Å²) in [6.45, 7) is 3.28. The smallest absolute Gasteiger partial charge is 0.145 e. The fraction of sp³-hybridized carbons (Fsp3) is 1.00. The van der Waals surface area contributed by atoms with Crippen LogP contribution in [-0.2, 0) is 4.37 Å². The van der Waals surface area contributed by atoms with Crippen LogP contribution in [0.25, 0.3) is 0 Å². The zero-order valence-corrected chi connectivity index (χ0v) is 4.82. The first kappa shape index (κ1) is 5.96. The van der Waals surface area contributed by atoms with Gasteiger partial charge in [0.2, 0.25) is 0 Å². The molecule has 0 aromatic heterocycles. The minimum atomic E-state index is 1.12. The molecule has 0 fully saturated rings. The highest BCUT2D eigenvalue weighted by atomic mass is 16.7. The van der Waals surface area contributed by atoms with Crippen molar-refractivity contribution in [1.82, 2.24) is 0 Å². The fourth-order valence-corrected chi connectivity index (χ4v) is 0.408. The molecule has 1 nitrogen and oxygen atoms in total. The predicted molar refractivity (Wildman–Crippen MR) is 28.1 cm³/mol. The van der Waals surface area contributed by atoms with Gasteiger partial charge in [0.05, 0.1) is 0 Å². The fourth-order valence-electron chi connectivity index (χ4n) is 0.408. The summed E-state index contributed by atoms with van der Waals surface area (Å²) in [7, 11) is 4.01. The largest absolute Gasteiger partial charge is 0.426 e. The van der Waals surface area contributed by atoms with E-state index in [-0.39, 0.29) is 0 Å². The molecule has 0 N–H and O–H groups in total. The lowest BCUT2D eigenvalue weighted by atomic mass is 10.5. The van der Waals surface area contributed by atoms with Crippen LogP contribution in [0.2, 0.25) is 0 Å². The van der Waals surface area contributed by atoms with Crippen molar-refractivity contribution in [3.63, 3.8) is 0 Å². The Bertz CT molecular complexity index is 25.1. The lowest BCUT2D eigenvalue weighted by Gasteiger charge is -2.02. The summed E-state index contributed by atoms with van der Waals surface area (Å²) in [5, 5.41) is 0. The topological polar surface area (TPSA) is 2.70 Å². The minimum absolute atomic E-state index is 1.12. The maximum Gasteiger partial charge on any atom is 0.145 e. The van der Waals surface area contributed by atoms with E-state index in [1.54, 1.807) is 0 Å². The third-order valence-electron chi connectivity index (χ3n) is 0.612. The highest BCUT2D eigenvalue weighted by molar-refractivity contribution is 4.21. The molecule has 6 heavy (non-hydrogen) atoms. The Morgan fingerprint density at radius 2 is 1.83 bits per heavy atom. The second-order valence-electron chi connectivity index (χ2n) is 1.69. The van der Waals surface area contributed by atoms with Gasteiger partial charge < -0.3 is 4.37 Å². The van der Waals surface area contributed by atoms with E-state index >= 15 is 0 Å². The van der Waals surface area contributed by atoms with Crippen LogP contribution in [0.3, 0.4) is 0 Å². The van der Waals surface area contributed by atoms with Crippen molar-refractivity contribution in [2.45, 2.75) is 13.3 Å². The highest BCUT2D eigenvalue weighted by Gasteiger charge is 1.84. The van der Waals surface area contributed by atoms with Gasteiger partial charge in [0.25, 0.3) is 0 Å². The summed E-state index contributed by atoms with van der Waals surface area (Å²) in [5.41, 5.74) is 0. The summed E-state index contributed by atoms with van der Waals surface area (Å²) in [4.78, 5) is 0. The third kappa shape index (κ3) is 3.96. The van der Waals surface area contributed by atoms with E-state index in [0.29, 0.717) is 0 Å². The van der Waals surface area contributed by atoms with Crippen LogP contribution in [0, 0.1) is 0 Å². The van der Waals surface area contributed by atoms with Gasteiger partial charge in [0.15, 0.2) is 0 Å². The maximum atomic E-state index is 2.82. The van der Waals surface area contributed by atoms with Crippen LogP contribution >= 0.6 is 0 Å². The van der Waals surface area contributed by atoms with Gasteiger partial charge in [-0.25, -0.2) is 0 Å². The van der Waals surface area contributed by atoms with Crippen molar-refractivity contribution < 1.29 is 4.37 Å². The van der Waals surface area contributed by atoms with Crippen molar-refractivity contribution in [1.29, 1.82) is 0 Å². The molecule has 0 rings (SSSR count). The molecular formula is C5H13O+. The summed E-state index contributed by atoms with van der Waals surface area (Å²) in [5.74, 6) is 0. The van der Waals surface area contributed by atoms with E-state index in [0.717, 1.165) is 6.61 Å². The first-order valence-electron chi connectivity index (χ1n) is 2.31. The lowest BCUT2D eigenvalue weighted by Crippen LogP contribution is -2.00. The summed E-state index contributed by atoms with van der Waals surface area (Å²) >= 11 is 0. The molecule has 0 aromatic rings. The monoisotopic (exact) mass is 89.1 g/mol. The molecule has 0 radical (unpaired) electrons. The van der Waals surface area contributed by atoms with E-state index in [1.165, 1.54) is 6.42 Å². The number of hydrogen-bond donors (Lipinski definition) is 0. The molecule has 0 atom stereocenters. The molecule has 0 heterocycles. The number of hydrogen-bond acceptors (Lipinski definition) is 0. The van der Waals surface area contributed by atoms with Gasteiger partial charge >= 0.3 is 0 Å². The van der Waals surface area contributed by atoms with Crippen LogP contribution < -0.4 is 0 Å². The van der Waals surface area contributed by atoms with Crippen molar-refractivity contribution in [3.8, 4) is 0 Å². The molecule has 0 aliphatic heterocycles. The second-order valence-corrected chi connectivity index (χ2v) is 1.69. The quantitative estimate of drug-likeness (QED) is 0.447. The maximum absolute atomic E-state index is 2.82. The molecule has 0 saturated carbocycles. The third-order valence-corrected chi connectivity index (χ3v) is 0.612. The molecule has 0 saturated heterocycles. The van der Waals surface area contributed by atoms with Crippen LogP contribution in [-0.4, -0.2) is 20.8 Å². The SMILES string of the molecule is CCC[O+](C)C. The Morgan fingerprint density at radius 1 is 1.33 bits per heavy atom. The van der Waals surface area contributed by atoms with Gasteiger partial charge in [-0.15, -0.1) is 0 Å². The first-order valence-corrected chi connectivity index (χ1v) is 2.31. The minimum Gasteiger partial charge on any atom is -0.426 e. The predicted octanol–water partition coefficient (Wildman–Crippen LogP) is 1.21. The van der Waals surface area contributed by atoms with Crippen molar-refractivity contribution in [3.05, 3.63) is 0 Å². The molecule has 38 valence electrons. The van der Waals surface area contributed by atoms with Gasteiger partial charge in [0.1, 0.15) is 20.8 Å². The zero-order chi connectivity index (χ0) is 4.99. The van der Waals surface area contributed by atoms with Gasteiger partial charge in [-0.1, -0.05) is 6.92 Å². The van der Waals surface area contributed by atoms with E-state index in [1.807, 2.05) is 14.2 Å². The normalized spacial score (nSPS) is 10.0. The van der Waals surface area contributed by atoms with Gasteiger partial charge in [-0.05, 0) is 0 Å². The van der Waals surface area contributed by atoms with Crippen LogP contribution in [0.1, 0.15) is 13.3 Å². The number of rotatable bonds is 2. The summed E-state index contributed by atoms with van der Waals surface area (Å²) < 4.78 is 2.82. The molecule has 0 unspecified atom stereocenters. The van der Waals surface area contributed by atoms with Crippen molar-refractivity contribution >= 4 is 0 Å². The van der Waals surface area contributed by atoms with Crippen LogP contribution in [0.4, 0.5) is 0 Å². The molecule has 1 heteroatoms. The zero-order valence-electron chi connectivity index (χ0n) is 4.82. The van der Waals surface area contributed by atoms with Gasteiger partial charge in [0, 0.05) is 6.42 Å². The van der Waals surface area contributed by atoms with Crippen LogP contribution in [0.15, 0.2) is 0 Å². The lowest BCUT2D eigenvalue weighted by molar-refractivity contribution is -0.0533. The Hall–Kier alpha value is -0.0400. The highest BCUT2D eigenvalue weighted by Crippen LogP contribution is 1.83. The molecule has 0 amide bonds. The Kier molecular flexibility index (Phi) is 3.14. The van der Waals surface area contributed by atoms with Crippen molar-refractivity contribution in [2.75, 3.05) is 20.8 Å². The standard InChI is InChI=1S/C5H13O/c1-4-5-6(2)3/h4-5H2,1-3H3/q+1. The van der Waals surface area contributed by atoms with E-state index < -0.39 is 0 Å². The summed E-state index contributed by atoms with van der Waals surface area (Å²) in [6, 6.07) is 0. The van der Waals surface area contributed by atoms with E-state index in [9.17, 15) is 0 Å². The molecule has 0 aromatic carbocycles. The van der Waals surface area contributed by atoms with Gasteiger partial charge in [-0.2, -0.15) is 0 Å². The van der Waals surface area contributed by atoms with E-state index in [2.05, 4.69) is 11.3 Å². The average Bonchev–Trinajstić information content (AvgIpc) is 1.35. The molecule has 0 bridgehead atoms. The second kappa shape index (κ2) is 3.16. The first-order chi connectivity index (χ1) is 2.77. The Morgan fingerprint density at radius 3 is 1.83 bits per heavy atom. The Balaban J connectivity index is 2.63. The summed E-state index contributed by atoms with van der Waals surface area (Å²) in [6.07, 6.45) is 1.22. The van der Waals surface area contributed by atoms with E-state index in [4.69, 9.17) is 0 Å². The molecule has 0 aliphatic rings. The van der Waals surface area contributed by atoms with Gasteiger partial charge in [-0.3, -0.25) is 0 Å². The van der Waals surface area contributed by atoms with Crippen LogP contribution in [0.5, 0.6) is 0 Å². The molecular weight excluding hydrogens is 76.1 g/mol. The average molecular weight is 89.2 g/mol. The molecule has 0 spiro atoms. The molecule has 0 aliphatic carbocycles. The van der Waals surface area contributed by atoms with Crippen molar-refractivity contribution in [2.24, 2.45) is 0 Å². The Labute approximate surface area is 39.6 Å².